The van der Waals surface area contributed by atoms with E-state index in [1.807, 2.05) is 0 Å². The summed E-state index contributed by atoms with van der Waals surface area (Å²) in [5, 5.41) is 0. The lowest BCUT2D eigenvalue weighted by Gasteiger charge is -2.43. The first-order chi connectivity index (χ1) is 17.9. The molecule has 1 aromatic rings. The largest absolute Gasteiger partial charge is 0.460 e. The number of ether oxygens (including phenoxy) is 2. The number of carbonyl (C=O) groups excluding carboxylic acids is 1. The summed E-state index contributed by atoms with van der Waals surface area (Å²) in [4.78, 5) is 20.4. The maximum absolute atomic E-state index is 13.5. The van der Waals surface area contributed by atoms with Gasteiger partial charge in [0.1, 0.15) is 12.0 Å². The van der Waals surface area contributed by atoms with Crippen molar-refractivity contribution in [2.24, 2.45) is 5.41 Å². The van der Waals surface area contributed by atoms with Crippen LogP contribution in [0.4, 0.5) is 5.69 Å². The van der Waals surface area contributed by atoms with E-state index in [1.165, 1.54) is 11.1 Å². The molecule has 1 amide bonds. The fraction of sp³-hybridized carbons (Fsp3) is 0.516. The molecular formula is C31H41N3O3. The van der Waals surface area contributed by atoms with Crippen LogP contribution >= 0.6 is 0 Å². The van der Waals surface area contributed by atoms with Crippen LogP contribution in [0.3, 0.4) is 0 Å². The molecule has 0 aromatic heterocycles. The van der Waals surface area contributed by atoms with E-state index in [1.54, 1.807) is 12.5 Å². The summed E-state index contributed by atoms with van der Waals surface area (Å²) in [5.74, 6) is 1.89. The Labute approximate surface area is 221 Å². The number of piperazine rings is 1. The number of carbonyl (C=O) groups is 1. The molecule has 0 N–H and O–H groups in total. The Morgan fingerprint density at radius 1 is 1.03 bits per heavy atom. The Hall–Kier alpha value is -2.99. The van der Waals surface area contributed by atoms with Crippen molar-refractivity contribution in [1.29, 1.82) is 0 Å². The number of fused-ring (bicyclic) bond motifs is 1. The molecule has 0 spiro atoms. The first kappa shape index (κ1) is 25.7. The van der Waals surface area contributed by atoms with E-state index in [0.29, 0.717) is 6.42 Å². The van der Waals surface area contributed by atoms with Crippen molar-refractivity contribution in [3.8, 4) is 0 Å². The first-order valence-electron chi connectivity index (χ1n) is 13.8. The van der Waals surface area contributed by atoms with Gasteiger partial charge in [0.15, 0.2) is 6.26 Å². The summed E-state index contributed by atoms with van der Waals surface area (Å²) < 4.78 is 11.9. The van der Waals surface area contributed by atoms with Crippen molar-refractivity contribution in [3.05, 3.63) is 77.8 Å². The summed E-state index contributed by atoms with van der Waals surface area (Å²) in [5.41, 5.74) is 3.74. The van der Waals surface area contributed by atoms with Crippen molar-refractivity contribution >= 4 is 11.6 Å². The quantitative estimate of drug-likeness (QED) is 0.495. The third kappa shape index (κ3) is 6.48. The maximum Gasteiger partial charge on any atom is 0.231 e. The zero-order valence-electron chi connectivity index (χ0n) is 22.6. The van der Waals surface area contributed by atoms with Gasteiger partial charge in [-0.05, 0) is 42.7 Å². The SMILES string of the molecule is CC(C)(C)CC(=O)N1c2ccccc2CCC1CN1CCN(C2=COC(CC3=CC=CCC3)=CO2)CC1. The molecule has 37 heavy (non-hydrogen) atoms. The van der Waals surface area contributed by atoms with Gasteiger partial charge in [-0.2, -0.15) is 0 Å². The highest BCUT2D eigenvalue weighted by Crippen LogP contribution is 2.34. The summed E-state index contributed by atoms with van der Waals surface area (Å²) >= 11 is 0. The van der Waals surface area contributed by atoms with Crippen molar-refractivity contribution in [2.75, 3.05) is 37.6 Å². The van der Waals surface area contributed by atoms with Crippen LogP contribution in [-0.2, 0) is 20.7 Å². The van der Waals surface area contributed by atoms with E-state index >= 15 is 0 Å². The zero-order chi connectivity index (χ0) is 25.8. The lowest BCUT2D eigenvalue weighted by Crippen LogP contribution is -2.54. The van der Waals surface area contributed by atoms with E-state index in [-0.39, 0.29) is 17.4 Å². The highest BCUT2D eigenvalue weighted by Gasteiger charge is 2.34. The van der Waals surface area contributed by atoms with Crippen LogP contribution in [0.2, 0.25) is 0 Å². The lowest BCUT2D eigenvalue weighted by molar-refractivity contribution is -0.121. The Morgan fingerprint density at radius 3 is 2.54 bits per heavy atom. The van der Waals surface area contributed by atoms with Crippen LogP contribution in [0.15, 0.2) is 72.2 Å². The number of anilines is 1. The van der Waals surface area contributed by atoms with E-state index in [4.69, 9.17) is 9.47 Å². The van der Waals surface area contributed by atoms with Crippen LogP contribution in [-0.4, -0.2) is 54.5 Å². The number of hydrogen-bond acceptors (Lipinski definition) is 5. The molecule has 0 saturated carbocycles. The van der Waals surface area contributed by atoms with Crippen LogP contribution in [0.25, 0.3) is 0 Å². The van der Waals surface area contributed by atoms with Crippen LogP contribution in [0.5, 0.6) is 0 Å². The van der Waals surface area contributed by atoms with Crippen molar-refractivity contribution in [3.63, 3.8) is 0 Å². The van der Waals surface area contributed by atoms with E-state index in [0.717, 1.165) is 82.2 Å². The standard InChI is InChI=1S/C31H41N3O3/c1-31(2,3)20-29(35)34-26(14-13-25-11-7-8-12-28(25)34)21-32-15-17-33(18-16-32)30-23-36-27(22-37-30)19-24-9-5-4-6-10-24/h4-5,7-9,11-12,22-23,26H,6,10,13-21H2,1-3H3. The molecule has 3 aliphatic heterocycles. The number of aryl methyl sites for hydroxylation is 1. The normalized spacial score (nSPS) is 22.4. The van der Waals surface area contributed by atoms with Crippen molar-refractivity contribution in [1.82, 2.24) is 9.80 Å². The molecule has 3 heterocycles. The van der Waals surface area contributed by atoms with Gasteiger partial charge in [0.25, 0.3) is 0 Å². The summed E-state index contributed by atoms with van der Waals surface area (Å²) in [7, 11) is 0. The minimum absolute atomic E-state index is 0.0336. The number of hydrogen-bond donors (Lipinski definition) is 0. The van der Waals surface area contributed by atoms with Gasteiger partial charge in [0.05, 0.1) is 0 Å². The van der Waals surface area contributed by atoms with Gasteiger partial charge in [-0.3, -0.25) is 9.69 Å². The minimum atomic E-state index is -0.0336. The smallest absolute Gasteiger partial charge is 0.231 e. The maximum atomic E-state index is 13.5. The monoisotopic (exact) mass is 503 g/mol. The molecular weight excluding hydrogens is 462 g/mol. The second-order valence-corrected chi connectivity index (χ2v) is 11.9. The predicted molar refractivity (Wildman–Crippen MR) is 148 cm³/mol. The molecule has 6 heteroatoms. The number of nitrogens with zero attached hydrogens (tertiary/aromatic N) is 3. The van der Waals surface area contributed by atoms with Crippen LogP contribution in [0.1, 0.15) is 58.4 Å². The van der Waals surface area contributed by atoms with Crippen LogP contribution < -0.4 is 4.90 Å². The van der Waals surface area contributed by atoms with E-state index in [2.05, 4.69) is 78.0 Å². The van der Waals surface area contributed by atoms with Gasteiger partial charge in [0, 0.05) is 57.3 Å². The Kier molecular flexibility index (Phi) is 7.75. The average molecular weight is 504 g/mol. The molecule has 1 fully saturated rings. The zero-order valence-corrected chi connectivity index (χ0v) is 22.6. The van der Waals surface area contributed by atoms with Gasteiger partial charge >= 0.3 is 0 Å². The number of benzene rings is 1. The lowest BCUT2D eigenvalue weighted by atomic mass is 9.89. The molecule has 6 nitrogen and oxygen atoms in total. The summed E-state index contributed by atoms with van der Waals surface area (Å²) in [6.07, 6.45) is 15.6. The minimum Gasteiger partial charge on any atom is -0.460 e. The number of allylic oxidation sites excluding steroid dienone is 4. The second-order valence-electron chi connectivity index (χ2n) is 11.9. The Balaban J connectivity index is 1.16. The molecule has 4 aliphatic rings. The van der Waals surface area contributed by atoms with Gasteiger partial charge in [0.2, 0.25) is 11.8 Å². The molecule has 1 atom stereocenters. The fourth-order valence-corrected chi connectivity index (χ4v) is 5.67. The first-order valence-corrected chi connectivity index (χ1v) is 13.8. The fourth-order valence-electron chi connectivity index (χ4n) is 5.67. The van der Waals surface area contributed by atoms with Gasteiger partial charge in [-0.1, -0.05) is 62.8 Å². The molecule has 0 bridgehead atoms. The molecule has 1 aliphatic carbocycles. The Morgan fingerprint density at radius 2 is 1.84 bits per heavy atom. The number of amides is 1. The average Bonchev–Trinajstić information content (AvgIpc) is 2.89. The van der Waals surface area contributed by atoms with Gasteiger partial charge in [-0.15, -0.1) is 0 Å². The highest BCUT2D eigenvalue weighted by molar-refractivity contribution is 5.95. The van der Waals surface area contributed by atoms with Crippen molar-refractivity contribution in [2.45, 2.75) is 65.3 Å². The molecule has 198 valence electrons. The van der Waals surface area contributed by atoms with Crippen molar-refractivity contribution < 1.29 is 14.3 Å². The summed E-state index contributed by atoms with van der Waals surface area (Å²) in [6, 6.07) is 8.64. The molecule has 1 aromatic carbocycles. The third-order valence-electron chi connectivity index (χ3n) is 7.59. The van der Waals surface area contributed by atoms with E-state index < -0.39 is 0 Å². The molecule has 1 unspecified atom stereocenters. The topological polar surface area (TPSA) is 45.3 Å². The predicted octanol–water partition coefficient (Wildman–Crippen LogP) is 5.74. The summed E-state index contributed by atoms with van der Waals surface area (Å²) in [6.45, 7) is 11.0. The third-order valence-corrected chi connectivity index (χ3v) is 7.59. The molecule has 5 rings (SSSR count). The van der Waals surface area contributed by atoms with Gasteiger partial charge in [-0.25, -0.2) is 0 Å². The second kappa shape index (κ2) is 11.2. The van der Waals surface area contributed by atoms with Crippen LogP contribution in [0, 0.1) is 5.41 Å². The molecule has 0 radical (unpaired) electrons. The number of rotatable bonds is 6. The van der Waals surface area contributed by atoms with E-state index in [9.17, 15) is 4.79 Å². The highest BCUT2D eigenvalue weighted by atomic mass is 16.6. The number of para-hydroxylation sites is 1. The molecule has 1 saturated heterocycles. The van der Waals surface area contributed by atoms with Gasteiger partial charge < -0.3 is 19.3 Å². The Bertz CT molecular complexity index is 1100.